The zero-order valence-electron chi connectivity index (χ0n) is 16.2. The van der Waals surface area contributed by atoms with E-state index in [1.54, 1.807) is 11.3 Å². The lowest BCUT2D eigenvalue weighted by Gasteiger charge is -2.15. The molecule has 2 aromatic rings. The van der Waals surface area contributed by atoms with Crippen LogP contribution >= 0.6 is 36.2 Å². The van der Waals surface area contributed by atoms with Crippen LogP contribution in [0.4, 0.5) is 0 Å². The van der Waals surface area contributed by atoms with Crippen LogP contribution in [0.15, 0.2) is 29.6 Å². The van der Waals surface area contributed by atoms with Crippen LogP contribution in [-0.2, 0) is 16.0 Å². The van der Waals surface area contributed by atoms with Crippen LogP contribution in [0.5, 0.6) is 0 Å². The van der Waals surface area contributed by atoms with Crippen LogP contribution in [0.1, 0.15) is 24.4 Å². The van der Waals surface area contributed by atoms with Crippen LogP contribution in [0.2, 0.25) is 0 Å². The number of rotatable bonds is 8. The third kappa shape index (κ3) is 8.14. The van der Waals surface area contributed by atoms with Gasteiger partial charge >= 0.3 is 0 Å². The van der Waals surface area contributed by atoms with E-state index in [0.717, 1.165) is 28.2 Å². The van der Waals surface area contributed by atoms with Gasteiger partial charge < -0.3 is 16.4 Å². The Bertz CT molecular complexity index is 751. The Morgan fingerprint density at radius 3 is 2.32 bits per heavy atom. The van der Waals surface area contributed by atoms with Crippen molar-refractivity contribution >= 4 is 48.0 Å². The summed E-state index contributed by atoms with van der Waals surface area (Å²) < 4.78 is 0. The molecule has 1 aromatic carbocycles. The average molecular weight is 447 g/mol. The summed E-state index contributed by atoms with van der Waals surface area (Å²) in [6.07, 6.45) is 0.724. The molecule has 0 saturated heterocycles. The van der Waals surface area contributed by atoms with Gasteiger partial charge in [-0.2, -0.15) is 0 Å². The molecule has 1 heterocycles. The molecule has 0 unspecified atom stereocenters. The number of halogens is 2. The number of nitrogens with one attached hydrogen (secondary N) is 2. The first-order valence-electron chi connectivity index (χ1n) is 8.68. The Morgan fingerprint density at radius 2 is 1.79 bits per heavy atom. The third-order valence-corrected chi connectivity index (χ3v) is 4.82. The molecule has 2 rings (SSSR count). The molecular weight excluding hydrogens is 419 g/mol. The quantitative estimate of drug-likeness (QED) is 0.580. The Balaban J connectivity index is 0.00000364. The molecule has 1 aromatic heterocycles. The van der Waals surface area contributed by atoms with Gasteiger partial charge in [-0.15, -0.1) is 36.2 Å². The molecule has 0 saturated carbocycles. The molecule has 0 bridgehead atoms. The minimum Gasteiger partial charge on any atom is -0.354 e. The van der Waals surface area contributed by atoms with Crippen molar-refractivity contribution in [3.05, 3.63) is 40.2 Å². The molecule has 6 nitrogen and oxygen atoms in total. The molecule has 0 aliphatic carbocycles. The lowest BCUT2D eigenvalue weighted by Crippen LogP contribution is -2.47. The summed E-state index contributed by atoms with van der Waals surface area (Å²) in [7, 11) is 0. The second kappa shape index (κ2) is 12.7. The number of aromatic nitrogens is 1. The van der Waals surface area contributed by atoms with Crippen LogP contribution in [-0.4, -0.2) is 35.9 Å². The molecular formula is C19H28Cl2N4O2S. The minimum atomic E-state index is -0.595. The zero-order valence-corrected chi connectivity index (χ0v) is 18.7. The molecule has 9 heteroatoms. The number of hydrogen-bond acceptors (Lipinski definition) is 5. The summed E-state index contributed by atoms with van der Waals surface area (Å²) in [6.45, 7) is 6.18. The predicted octanol–water partition coefficient (Wildman–Crippen LogP) is 2.72. The van der Waals surface area contributed by atoms with Crippen molar-refractivity contribution < 1.29 is 9.59 Å². The van der Waals surface area contributed by atoms with E-state index in [-0.39, 0.29) is 49.1 Å². The number of nitrogens with zero attached hydrogens (tertiary/aromatic N) is 1. The standard InChI is InChI=1S/C19H26N4O2S.2ClH/c1-12(2)18(20)19(25)22-10-17(24)21-9-8-14-4-6-15(7-5-14)16-11-26-13(3)23-16;;/h4-7,11-12,18H,8-10,20H2,1-3H3,(H,21,24)(H,22,25);2*1H/t18-;;/m0../s1. The van der Waals surface area contributed by atoms with Crippen molar-refractivity contribution in [3.63, 3.8) is 0 Å². The minimum absolute atomic E-state index is 0. The SMILES string of the molecule is Cc1nc(-c2ccc(CCNC(=O)CNC(=O)[C@@H](N)C(C)C)cc2)cs1.Cl.Cl. The van der Waals surface area contributed by atoms with Crippen LogP contribution in [0.3, 0.4) is 0 Å². The Hall–Kier alpha value is -1.67. The van der Waals surface area contributed by atoms with E-state index in [1.165, 1.54) is 0 Å². The highest BCUT2D eigenvalue weighted by Gasteiger charge is 2.17. The first-order valence-corrected chi connectivity index (χ1v) is 9.56. The number of benzene rings is 1. The van der Waals surface area contributed by atoms with Gasteiger partial charge in [-0.05, 0) is 24.8 Å². The normalized spacial score (nSPS) is 11.2. The Kier molecular flexibility index (Phi) is 12.0. The number of thiazole rings is 1. The molecule has 0 aliphatic rings. The maximum atomic E-state index is 11.8. The molecule has 156 valence electrons. The van der Waals surface area contributed by atoms with Crippen LogP contribution in [0, 0.1) is 12.8 Å². The first kappa shape index (κ1) is 26.3. The largest absolute Gasteiger partial charge is 0.354 e. The molecule has 0 radical (unpaired) electrons. The van der Waals surface area contributed by atoms with Gasteiger partial charge in [-0.25, -0.2) is 4.98 Å². The van der Waals surface area contributed by atoms with Gasteiger partial charge in [0.15, 0.2) is 0 Å². The lowest BCUT2D eigenvalue weighted by molar-refractivity contribution is -0.127. The van der Waals surface area contributed by atoms with E-state index in [0.29, 0.717) is 6.54 Å². The first-order chi connectivity index (χ1) is 12.4. The maximum Gasteiger partial charge on any atom is 0.239 e. The van der Waals surface area contributed by atoms with Crippen molar-refractivity contribution in [1.82, 2.24) is 15.6 Å². The molecule has 4 N–H and O–H groups in total. The summed E-state index contributed by atoms with van der Waals surface area (Å²) in [5.74, 6) is -0.485. The van der Waals surface area contributed by atoms with Gasteiger partial charge in [0, 0.05) is 17.5 Å². The second-order valence-electron chi connectivity index (χ2n) is 6.54. The second-order valence-corrected chi connectivity index (χ2v) is 7.60. The van der Waals surface area contributed by atoms with E-state index in [2.05, 4.69) is 15.6 Å². The van der Waals surface area contributed by atoms with Gasteiger partial charge in [-0.3, -0.25) is 9.59 Å². The molecule has 2 amide bonds. The van der Waals surface area contributed by atoms with E-state index < -0.39 is 6.04 Å². The van der Waals surface area contributed by atoms with Crippen molar-refractivity contribution in [3.8, 4) is 11.3 Å². The molecule has 0 fully saturated rings. The molecule has 1 atom stereocenters. The highest BCUT2D eigenvalue weighted by Crippen LogP contribution is 2.21. The molecule has 0 aliphatic heterocycles. The number of carbonyl (C=O) groups is 2. The monoisotopic (exact) mass is 446 g/mol. The van der Waals surface area contributed by atoms with Gasteiger partial charge in [0.25, 0.3) is 0 Å². The predicted molar refractivity (Wildman–Crippen MR) is 119 cm³/mol. The van der Waals surface area contributed by atoms with E-state index >= 15 is 0 Å². The van der Waals surface area contributed by atoms with E-state index in [9.17, 15) is 9.59 Å². The van der Waals surface area contributed by atoms with Gasteiger partial charge in [0.1, 0.15) is 0 Å². The van der Waals surface area contributed by atoms with Crippen molar-refractivity contribution in [2.45, 2.75) is 33.2 Å². The number of aryl methyl sites for hydroxylation is 1. The summed E-state index contributed by atoms with van der Waals surface area (Å²) in [6, 6.07) is 7.57. The lowest BCUT2D eigenvalue weighted by atomic mass is 10.1. The topological polar surface area (TPSA) is 97.1 Å². The van der Waals surface area contributed by atoms with Crippen LogP contribution < -0.4 is 16.4 Å². The van der Waals surface area contributed by atoms with Gasteiger partial charge in [0.2, 0.25) is 11.8 Å². The zero-order chi connectivity index (χ0) is 19.1. The summed E-state index contributed by atoms with van der Waals surface area (Å²) in [5.41, 5.74) is 8.94. The van der Waals surface area contributed by atoms with E-state index in [4.69, 9.17) is 5.73 Å². The number of nitrogens with two attached hydrogens (primary N) is 1. The van der Waals surface area contributed by atoms with E-state index in [1.807, 2.05) is 50.4 Å². The molecule has 0 spiro atoms. The van der Waals surface area contributed by atoms with Crippen molar-refractivity contribution in [2.75, 3.05) is 13.1 Å². The van der Waals surface area contributed by atoms with Gasteiger partial charge in [0.05, 0.1) is 23.3 Å². The third-order valence-electron chi connectivity index (χ3n) is 4.05. The number of amides is 2. The summed E-state index contributed by atoms with van der Waals surface area (Å²) in [5, 5.41) is 8.45. The summed E-state index contributed by atoms with van der Waals surface area (Å²) >= 11 is 1.63. The van der Waals surface area contributed by atoms with Gasteiger partial charge in [-0.1, -0.05) is 38.1 Å². The fourth-order valence-corrected chi connectivity index (χ4v) is 2.96. The number of carbonyl (C=O) groups excluding carboxylic acids is 2. The number of hydrogen-bond donors (Lipinski definition) is 3. The fourth-order valence-electron chi connectivity index (χ4n) is 2.33. The van der Waals surface area contributed by atoms with Crippen LogP contribution in [0.25, 0.3) is 11.3 Å². The van der Waals surface area contributed by atoms with Crippen molar-refractivity contribution in [2.24, 2.45) is 11.7 Å². The Labute approximate surface area is 182 Å². The highest BCUT2D eigenvalue weighted by atomic mass is 35.5. The highest BCUT2D eigenvalue weighted by molar-refractivity contribution is 7.09. The molecule has 28 heavy (non-hydrogen) atoms. The average Bonchev–Trinajstić information content (AvgIpc) is 3.06. The Morgan fingerprint density at radius 1 is 1.14 bits per heavy atom. The smallest absolute Gasteiger partial charge is 0.239 e. The maximum absolute atomic E-state index is 11.8. The fraction of sp³-hybridized carbons (Fsp3) is 0.421. The summed E-state index contributed by atoms with van der Waals surface area (Å²) in [4.78, 5) is 28.0. The van der Waals surface area contributed by atoms with Crippen molar-refractivity contribution in [1.29, 1.82) is 0 Å².